The maximum atomic E-state index is 11.5. The fourth-order valence-corrected chi connectivity index (χ4v) is 3.51. The van der Waals surface area contributed by atoms with Gasteiger partial charge in [-0.1, -0.05) is 12.2 Å². The van der Waals surface area contributed by atoms with E-state index in [2.05, 4.69) is 4.98 Å². The van der Waals surface area contributed by atoms with Crippen LogP contribution < -0.4 is 29.6 Å². The van der Waals surface area contributed by atoms with Crippen molar-refractivity contribution in [3.63, 3.8) is 0 Å². The second-order valence-electron chi connectivity index (χ2n) is 5.06. The average molecular weight is 434 g/mol. The molecule has 0 spiro atoms. The third-order valence-electron chi connectivity index (χ3n) is 3.31. The van der Waals surface area contributed by atoms with Crippen LogP contribution in [-0.4, -0.2) is 30.9 Å². The Labute approximate surface area is 181 Å². The molecule has 140 valence electrons. The standard InChI is InChI=1S/C14H9N3O8S2.Na/c15-16-11-5-3-9(13(7-11)26(20,21)22)1-2-10-4-6-12(17(18)19)8-14(10)27(23,24)25;/h1-8H,(H-,20,21,22,23,24,25);/q;+1/b2-1+;. The Morgan fingerprint density at radius 2 is 1.54 bits per heavy atom. The molecule has 0 aliphatic rings. The van der Waals surface area contributed by atoms with Gasteiger partial charge in [0, 0.05) is 18.2 Å². The van der Waals surface area contributed by atoms with Crippen molar-refractivity contribution >= 4 is 43.8 Å². The minimum atomic E-state index is -5.06. The van der Waals surface area contributed by atoms with Gasteiger partial charge in [0.05, 0.1) is 15.9 Å². The van der Waals surface area contributed by atoms with Crippen molar-refractivity contribution in [1.82, 2.24) is 0 Å². The average Bonchev–Trinajstić information content (AvgIpc) is 2.58. The van der Waals surface area contributed by atoms with Gasteiger partial charge in [0.15, 0.2) is 4.98 Å². The summed E-state index contributed by atoms with van der Waals surface area (Å²) in [6.45, 7) is 0. The first-order chi connectivity index (χ1) is 12.4. The molecular weight excluding hydrogens is 425 g/mol. The van der Waals surface area contributed by atoms with Crippen molar-refractivity contribution in [2.45, 2.75) is 9.79 Å². The van der Waals surface area contributed by atoms with E-state index in [0.29, 0.717) is 6.07 Å². The predicted octanol–water partition coefficient (Wildman–Crippen LogP) is -0.595. The predicted molar refractivity (Wildman–Crippen MR) is 91.0 cm³/mol. The van der Waals surface area contributed by atoms with E-state index in [1.165, 1.54) is 6.07 Å². The van der Waals surface area contributed by atoms with Gasteiger partial charge in [-0.05, 0) is 23.3 Å². The van der Waals surface area contributed by atoms with Crippen LogP contribution in [0.1, 0.15) is 11.1 Å². The van der Waals surface area contributed by atoms with Crippen LogP contribution in [-0.2, 0) is 20.2 Å². The zero-order chi connectivity index (χ0) is 20.4. The van der Waals surface area contributed by atoms with Crippen LogP contribution >= 0.6 is 0 Å². The molecular formula is C14H9N3NaO8S2+. The summed E-state index contributed by atoms with van der Waals surface area (Å²) in [6.07, 6.45) is 2.11. The maximum absolute atomic E-state index is 11.5. The molecule has 0 aliphatic carbocycles. The number of non-ortho nitro benzene ring substituents is 1. The summed E-state index contributed by atoms with van der Waals surface area (Å²) in [7, 11) is -9.78. The first kappa shape index (κ1) is 23.9. The molecule has 0 heterocycles. The van der Waals surface area contributed by atoms with Crippen LogP contribution in [0.25, 0.3) is 17.1 Å². The van der Waals surface area contributed by atoms with E-state index >= 15 is 0 Å². The number of nitrogens with zero attached hydrogens (tertiary/aromatic N) is 3. The van der Waals surface area contributed by atoms with Crippen LogP contribution in [0.3, 0.4) is 0 Å². The quantitative estimate of drug-likeness (QED) is 0.160. The fourth-order valence-electron chi connectivity index (χ4n) is 2.12. The molecule has 2 aromatic rings. The third kappa shape index (κ3) is 5.66. The molecule has 0 bridgehead atoms. The second-order valence-corrected chi connectivity index (χ2v) is 7.80. The van der Waals surface area contributed by atoms with Gasteiger partial charge in [0.1, 0.15) is 15.0 Å². The number of nitro groups is 1. The summed E-state index contributed by atoms with van der Waals surface area (Å²) in [5.41, 5.74) is -1.13. The number of hydrogen-bond acceptors (Lipinski definition) is 8. The molecule has 0 radical (unpaired) electrons. The molecule has 0 aliphatic heterocycles. The molecule has 0 fully saturated rings. The zero-order valence-corrected chi connectivity index (χ0v) is 17.7. The first-order valence-corrected chi connectivity index (χ1v) is 9.67. The molecule has 2 aromatic carbocycles. The van der Waals surface area contributed by atoms with Crippen LogP contribution in [0.15, 0.2) is 46.2 Å². The Morgan fingerprint density at radius 3 is 2.00 bits per heavy atom. The topological polar surface area (TPSA) is 183 Å². The Kier molecular flexibility index (Phi) is 7.57. The molecule has 0 saturated carbocycles. The minimum absolute atomic E-state index is 0. The summed E-state index contributed by atoms with van der Waals surface area (Å²) >= 11 is 0. The summed E-state index contributed by atoms with van der Waals surface area (Å²) < 4.78 is 66.3. The molecule has 1 N–H and O–H groups in total. The molecule has 0 aromatic heterocycles. The van der Waals surface area contributed by atoms with Gasteiger partial charge in [0.25, 0.3) is 15.8 Å². The monoisotopic (exact) mass is 434 g/mol. The van der Waals surface area contributed by atoms with Crippen LogP contribution in [0.5, 0.6) is 0 Å². The number of hydrogen-bond donors (Lipinski definition) is 1. The van der Waals surface area contributed by atoms with Gasteiger partial charge >= 0.3 is 35.2 Å². The smallest absolute Gasteiger partial charge is 0.744 e. The van der Waals surface area contributed by atoms with Gasteiger partial charge in [0.2, 0.25) is 5.39 Å². The zero-order valence-electron chi connectivity index (χ0n) is 14.1. The van der Waals surface area contributed by atoms with Crippen LogP contribution in [0.4, 0.5) is 11.4 Å². The van der Waals surface area contributed by atoms with Crippen molar-refractivity contribution in [2.75, 3.05) is 0 Å². The van der Waals surface area contributed by atoms with Crippen molar-refractivity contribution in [3.05, 3.63) is 62.6 Å². The number of benzene rings is 2. The molecule has 28 heavy (non-hydrogen) atoms. The Balaban J connectivity index is 0.00000392. The second kappa shape index (κ2) is 8.88. The van der Waals surface area contributed by atoms with E-state index in [1.54, 1.807) is 0 Å². The molecule has 11 nitrogen and oxygen atoms in total. The van der Waals surface area contributed by atoms with Crippen molar-refractivity contribution in [2.24, 2.45) is 0 Å². The van der Waals surface area contributed by atoms with E-state index in [9.17, 15) is 36.1 Å². The van der Waals surface area contributed by atoms with Gasteiger partial charge in [-0.3, -0.25) is 14.7 Å². The van der Waals surface area contributed by atoms with Gasteiger partial charge in [-0.25, -0.2) is 8.42 Å². The number of nitro benzene ring substituents is 1. The van der Waals surface area contributed by atoms with Crippen LogP contribution in [0, 0.1) is 15.5 Å². The van der Waals surface area contributed by atoms with E-state index < -0.39 is 40.6 Å². The van der Waals surface area contributed by atoms with Crippen molar-refractivity contribution in [3.8, 4) is 0 Å². The first-order valence-electron chi connectivity index (χ1n) is 6.82. The fraction of sp³-hybridized carbons (Fsp3) is 0. The SMILES string of the molecule is N#[N+]c1ccc(/C=C/c2ccc([N+](=O)[O-])cc2S(=O)(=O)[O-])c(S(=O)(=O)O)c1.[Na+]. The molecule has 0 amide bonds. The Bertz CT molecular complexity index is 1220. The summed E-state index contributed by atoms with van der Waals surface area (Å²) in [6, 6.07) is 5.77. The molecule has 0 atom stereocenters. The number of diazo groups is 1. The van der Waals surface area contributed by atoms with Crippen molar-refractivity contribution in [1.29, 1.82) is 5.39 Å². The van der Waals surface area contributed by atoms with E-state index in [-0.39, 0.29) is 46.4 Å². The molecule has 14 heteroatoms. The Hall–Kier alpha value is -2.18. The summed E-state index contributed by atoms with van der Waals surface area (Å²) in [5, 5.41) is 19.5. The van der Waals surface area contributed by atoms with Gasteiger partial charge in [-0.2, -0.15) is 8.42 Å². The van der Waals surface area contributed by atoms with Crippen LogP contribution in [0.2, 0.25) is 0 Å². The molecule has 2 rings (SSSR count). The van der Waals surface area contributed by atoms with Crippen molar-refractivity contribution < 1.29 is 60.4 Å². The van der Waals surface area contributed by atoms with E-state index in [1.807, 2.05) is 0 Å². The van der Waals surface area contributed by atoms with E-state index in [4.69, 9.17) is 5.39 Å². The number of rotatable bonds is 5. The maximum Gasteiger partial charge on any atom is 1.00 e. The normalized spacial score (nSPS) is 11.6. The Morgan fingerprint density at radius 1 is 1.00 bits per heavy atom. The summed E-state index contributed by atoms with van der Waals surface area (Å²) in [5.74, 6) is 0. The molecule has 0 unspecified atom stereocenters. The minimum Gasteiger partial charge on any atom is -0.744 e. The van der Waals surface area contributed by atoms with E-state index in [0.717, 1.165) is 36.4 Å². The third-order valence-corrected chi connectivity index (χ3v) is 5.11. The van der Waals surface area contributed by atoms with Gasteiger partial charge in [-0.15, -0.1) is 0 Å². The molecule has 0 saturated heterocycles. The van der Waals surface area contributed by atoms with Gasteiger partial charge < -0.3 is 4.55 Å². The largest absolute Gasteiger partial charge is 1.00 e. The summed E-state index contributed by atoms with van der Waals surface area (Å²) in [4.78, 5) is 11.2.